The van der Waals surface area contributed by atoms with Crippen molar-refractivity contribution in [2.24, 2.45) is 7.05 Å². The third-order valence-corrected chi connectivity index (χ3v) is 4.15. The Morgan fingerprint density at radius 1 is 1.17 bits per heavy atom. The van der Waals surface area contributed by atoms with Gasteiger partial charge in [-0.1, -0.05) is 12.1 Å². The second-order valence-electron chi connectivity index (χ2n) is 5.82. The highest BCUT2D eigenvalue weighted by atomic mass is 16.5. The van der Waals surface area contributed by atoms with Crippen molar-refractivity contribution < 1.29 is 4.74 Å². The molecular formula is C18H22N4O. The summed E-state index contributed by atoms with van der Waals surface area (Å²) in [5, 5.41) is 4.40. The molecule has 0 atom stereocenters. The van der Waals surface area contributed by atoms with Crippen LogP contribution in [-0.2, 0) is 13.6 Å². The van der Waals surface area contributed by atoms with E-state index in [-0.39, 0.29) is 0 Å². The number of hydrogen-bond donors (Lipinski definition) is 0. The van der Waals surface area contributed by atoms with Crippen LogP contribution in [0.2, 0.25) is 0 Å². The fourth-order valence-corrected chi connectivity index (χ4v) is 2.71. The smallest absolute Gasteiger partial charge is 0.122 e. The molecule has 0 aliphatic carbocycles. The van der Waals surface area contributed by atoms with E-state index in [1.807, 2.05) is 49.5 Å². The second-order valence-corrected chi connectivity index (χ2v) is 5.82. The lowest BCUT2D eigenvalue weighted by atomic mass is 10.1. The van der Waals surface area contributed by atoms with E-state index in [1.165, 1.54) is 11.1 Å². The lowest BCUT2D eigenvalue weighted by molar-refractivity contribution is 0.297. The highest BCUT2D eigenvalue weighted by Gasteiger charge is 2.11. The van der Waals surface area contributed by atoms with Crippen LogP contribution < -0.4 is 4.74 Å². The third-order valence-electron chi connectivity index (χ3n) is 4.15. The van der Waals surface area contributed by atoms with Gasteiger partial charge < -0.3 is 9.30 Å². The quantitative estimate of drug-likeness (QED) is 0.726. The molecule has 0 spiro atoms. The van der Waals surface area contributed by atoms with Crippen LogP contribution in [-0.4, -0.2) is 25.9 Å². The minimum absolute atomic E-state index is 0.604. The molecule has 3 rings (SSSR count). The van der Waals surface area contributed by atoms with Crippen LogP contribution in [0.5, 0.6) is 5.75 Å². The molecule has 0 N–H and O–H groups in total. The first-order chi connectivity index (χ1) is 11.1. The first-order valence-electron chi connectivity index (χ1n) is 7.76. The number of nitrogens with zero attached hydrogens (tertiary/aromatic N) is 4. The minimum atomic E-state index is 0.604. The first-order valence-corrected chi connectivity index (χ1v) is 7.76. The van der Waals surface area contributed by atoms with Crippen molar-refractivity contribution in [1.82, 2.24) is 19.3 Å². The van der Waals surface area contributed by atoms with Crippen LogP contribution in [0.3, 0.4) is 0 Å². The van der Waals surface area contributed by atoms with Crippen molar-refractivity contribution >= 4 is 0 Å². The number of benzene rings is 1. The van der Waals surface area contributed by atoms with E-state index >= 15 is 0 Å². The van der Waals surface area contributed by atoms with Crippen LogP contribution in [0.25, 0.3) is 11.3 Å². The Morgan fingerprint density at radius 3 is 2.74 bits per heavy atom. The van der Waals surface area contributed by atoms with Crippen molar-refractivity contribution in [3.63, 3.8) is 0 Å². The lowest BCUT2D eigenvalue weighted by Crippen LogP contribution is -2.09. The largest absolute Gasteiger partial charge is 0.491 e. The van der Waals surface area contributed by atoms with Crippen molar-refractivity contribution in [2.75, 3.05) is 6.61 Å². The maximum atomic E-state index is 5.95. The fourth-order valence-electron chi connectivity index (χ4n) is 2.71. The SMILES string of the molecule is Cc1cccc(OCCn2cncc2-c2cn(C)nc2C)c1C. The zero-order chi connectivity index (χ0) is 16.4. The Morgan fingerprint density at radius 2 is 2.00 bits per heavy atom. The van der Waals surface area contributed by atoms with Gasteiger partial charge in [0.1, 0.15) is 12.4 Å². The molecule has 5 nitrogen and oxygen atoms in total. The summed E-state index contributed by atoms with van der Waals surface area (Å²) in [6.07, 6.45) is 5.74. The summed E-state index contributed by atoms with van der Waals surface area (Å²) < 4.78 is 9.88. The van der Waals surface area contributed by atoms with Gasteiger partial charge in [-0.15, -0.1) is 0 Å². The van der Waals surface area contributed by atoms with E-state index in [2.05, 4.69) is 34.6 Å². The molecule has 0 radical (unpaired) electrons. The molecule has 0 bridgehead atoms. The molecule has 2 heterocycles. The van der Waals surface area contributed by atoms with E-state index in [9.17, 15) is 0 Å². The highest BCUT2D eigenvalue weighted by molar-refractivity contribution is 5.60. The van der Waals surface area contributed by atoms with E-state index in [1.54, 1.807) is 0 Å². The molecule has 0 aliphatic heterocycles. The second kappa shape index (κ2) is 6.28. The van der Waals surface area contributed by atoms with Gasteiger partial charge in [0.25, 0.3) is 0 Å². The molecule has 0 amide bonds. The number of imidazole rings is 1. The van der Waals surface area contributed by atoms with Crippen LogP contribution in [0.15, 0.2) is 36.9 Å². The van der Waals surface area contributed by atoms with Gasteiger partial charge in [0, 0.05) is 18.8 Å². The predicted molar refractivity (Wildman–Crippen MR) is 90.6 cm³/mol. The van der Waals surface area contributed by atoms with E-state index in [4.69, 9.17) is 4.74 Å². The van der Waals surface area contributed by atoms with Crippen molar-refractivity contribution in [3.05, 3.63) is 53.7 Å². The number of ether oxygens (including phenoxy) is 1. The Hall–Kier alpha value is -2.56. The average Bonchev–Trinajstić information content (AvgIpc) is 3.09. The maximum absolute atomic E-state index is 5.95. The van der Waals surface area contributed by atoms with E-state index in [0.29, 0.717) is 6.61 Å². The molecule has 0 aliphatic rings. The summed E-state index contributed by atoms with van der Waals surface area (Å²) in [6, 6.07) is 6.14. The molecule has 3 aromatic rings. The van der Waals surface area contributed by atoms with E-state index < -0.39 is 0 Å². The molecule has 2 aromatic heterocycles. The molecule has 0 fully saturated rings. The zero-order valence-electron chi connectivity index (χ0n) is 14.1. The van der Waals surface area contributed by atoms with Gasteiger partial charge in [-0.3, -0.25) is 4.68 Å². The molecule has 23 heavy (non-hydrogen) atoms. The first kappa shape index (κ1) is 15.3. The highest BCUT2D eigenvalue weighted by Crippen LogP contribution is 2.23. The molecule has 5 heteroatoms. The summed E-state index contributed by atoms with van der Waals surface area (Å²) in [6.45, 7) is 7.55. The standard InChI is InChI=1S/C18H22N4O/c1-13-6-5-7-18(14(13)2)23-9-8-22-12-19-10-17(22)16-11-21(4)20-15(16)3/h5-7,10-12H,8-9H2,1-4H3. The summed E-state index contributed by atoms with van der Waals surface area (Å²) in [5.41, 5.74) is 5.62. The van der Waals surface area contributed by atoms with E-state index in [0.717, 1.165) is 29.2 Å². The van der Waals surface area contributed by atoms with Gasteiger partial charge >= 0.3 is 0 Å². The summed E-state index contributed by atoms with van der Waals surface area (Å²) in [7, 11) is 1.93. The van der Waals surface area contributed by atoms with Crippen molar-refractivity contribution in [1.29, 1.82) is 0 Å². The number of aryl methyl sites for hydroxylation is 3. The summed E-state index contributed by atoms with van der Waals surface area (Å²) in [5.74, 6) is 0.948. The van der Waals surface area contributed by atoms with Crippen molar-refractivity contribution in [2.45, 2.75) is 27.3 Å². The molecular weight excluding hydrogens is 288 g/mol. The minimum Gasteiger partial charge on any atom is -0.491 e. The maximum Gasteiger partial charge on any atom is 0.122 e. The van der Waals surface area contributed by atoms with Gasteiger partial charge in [-0.25, -0.2) is 4.98 Å². The summed E-state index contributed by atoms with van der Waals surface area (Å²) >= 11 is 0. The predicted octanol–water partition coefficient (Wildman–Crippen LogP) is 3.29. The van der Waals surface area contributed by atoms with Gasteiger partial charge in [-0.05, 0) is 38.0 Å². The molecule has 120 valence electrons. The Balaban J connectivity index is 1.72. The Kier molecular flexibility index (Phi) is 4.19. The van der Waals surface area contributed by atoms with Crippen LogP contribution in [0.4, 0.5) is 0 Å². The molecule has 0 saturated heterocycles. The van der Waals surface area contributed by atoms with Gasteiger partial charge in [0.15, 0.2) is 0 Å². The van der Waals surface area contributed by atoms with Crippen LogP contribution >= 0.6 is 0 Å². The number of aromatic nitrogens is 4. The monoisotopic (exact) mass is 310 g/mol. The van der Waals surface area contributed by atoms with Gasteiger partial charge in [0.05, 0.1) is 30.5 Å². The Bertz CT molecular complexity index is 816. The zero-order valence-corrected chi connectivity index (χ0v) is 14.1. The molecule has 0 saturated carbocycles. The molecule has 0 unspecified atom stereocenters. The number of rotatable bonds is 5. The summed E-state index contributed by atoms with van der Waals surface area (Å²) in [4.78, 5) is 4.28. The van der Waals surface area contributed by atoms with Crippen molar-refractivity contribution in [3.8, 4) is 17.0 Å². The number of hydrogen-bond acceptors (Lipinski definition) is 3. The fraction of sp³-hybridized carbons (Fsp3) is 0.333. The normalized spacial score (nSPS) is 11.0. The van der Waals surface area contributed by atoms with Crippen LogP contribution in [0.1, 0.15) is 16.8 Å². The van der Waals surface area contributed by atoms with Gasteiger partial charge in [-0.2, -0.15) is 5.10 Å². The van der Waals surface area contributed by atoms with Crippen LogP contribution in [0, 0.1) is 20.8 Å². The molecule has 1 aromatic carbocycles. The Labute approximate surface area is 136 Å². The van der Waals surface area contributed by atoms with Gasteiger partial charge in [0.2, 0.25) is 0 Å². The lowest BCUT2D eigenvalue weighted by Gasteiger charge is -2.12. The topological polar surface area (TPSA) is 44.9 Å². The average molecular weight is 310 g/mol. The third kappa shape index (κ3) is 3.13.